The molecule has 1 amide bonds. The molecule has 2 aliphatic heterocycles. The molecule has 0 bridgehead atoms. The third kappa shape index (κ3) is 3.93. The van der Waals surface area contributed by atoms with Gasteiger partial charge in [-0.2, -0.15) is 5.10 Å². The van der Waals surface area contributed by atoms with Gasteiger partial charge in [-0.3, -0.25) is 19.7 Å². The largest absolute Gasteiger partial charge is 0.339 e. The van der Waals surface area contributed by atoms with Crippen molar-refractivity contribution in [3.05, 3.63) is 11.6 Å². The van der Waals surface area contributed by atoms with Crippen LogP contribution in [-0.4, -0.2) is 80.6 Å². The van der Waals surface area contributed by atoms with Crippen molar-refractivity contribution in [2.75, 3.05) is 32.7 Å². The van der Waals surface area contributed by atoms with Crippen molar-refractivity contribution in [1.29, 1.82) is 0 Å². The third-order valence-electron chi connectivity index (χ3n) is 6.32. The number of aromatic nitrogens is 3. The molecule has 144 valence electrons. The Hall–Kier alpha value is -1.47. The maximum absolute atomic E-state index is 13.2. The number of likely N-dealkylation sites (tertiary alicyclic amines) is 1. The molecule has 0 spiro atoms. The molecule has 4 rings (SSSR count). The van der Waals surface area contributed by atoms with E-state index in [0.717, 1.165) is 57.3 Å². The summed E-state index contributed by atoms with van der Waals surface area (Å²) in [7, 11) is 0. The average Bonchev–Trinajstić information content (AvgIpc) is 3.34. The highest BCUT2D eigenvalue weighted by molar-refractivity contribution is 5.82. The maximum atomic E-state index is 13.2. The summed E-state index contributed by atoms with van der Waals surface area (Å²) in [5, 5.41) is 7.13. The quantitative estimate of drug-likeness (QED) is 0.882. The zero-order valence-electron chi connectivity index (χ0n) is 16.0. The number of H-pyrrole nitrogens is 1. The van der Waals surface area contributed by atoms with Crippen molar-refractivity contribution in [2.24, 2.45) is 0 Å². The van der Waals surface area contributed by atoms with Crippen LogP contribution in [0.4, 0.5) is 0 Å². The predicted molar refractivity (Wildman–Crippen MR) is 99.6 cm³/mol. The van der Waals surface area contributed by atoms with E-state index in [1.165, 1.54) is 38.5 Å². The van der Waals surface area contributed by atoms with E-state index in [-0.39, 0.29) is 6.04 Å². The molecule has 3 aliphatic rings. The molecule has 1 saturated carbocycles. The smallest absolute Gasteiger partial charge is 0.240 e. The van der Waals surface area contributed by atoms with E-state index in [1.54, 1.807) is 0 Å². The Morgan fingerprint density at radius 1 is 1.04 bits per heavy atom. The number of hydrogen-bond acceptors (Lipinski definition) is 5. The van der Waals surface area contributed by atoms with E-state index in [0.29, 0.717) is 11.9 Å². The van der Waals surface area contributed by atoms with Gasteiger partial charge in [-0.15, -0.1) is 0 Å². The Morgan fingerprint density at radius 2 is 1.77 bits per heavy atom. The summed E-state index contributed by atoms with van der Waals surface area (Å²) >= 11 is 0. The van der Waals surface area contributed by atoms with Crippen molar-refractivity contribution in [3.63, 3.8) is 0 Å². The third-order valence-corrected chi connectivity index (χ3v) is 6.32. The molecular formula is C19H32N6O. The summed E-state index contributed by atoms with van der Waals surface area (Å²) in [6.07, 6.45) is 8.74. The van der Waals surface area contributed by atoms with Crippen LogP contribution >= 0.6 is 0 Å². The fraction of sp³-hybridized carbons (Fsp3) is 0.842. The molecule has 26 heavy (non-hydrogen) atoms. The summed E-state index contributed by atoms with van der Waals surface area (Å²) in [5.74, 6) is 2.09. The monoisotopic (exact) mass is 360 g/mol. The summed E-state index contributed by atoms with van der Waals surface area (Å²) in [5.41, 5.74) is 0. The first kappa shape index (κ1) is 17.9. The summed E-state index contributed by atoms with van der Waals surface area (Å²) in [6.45, 7) is 7.29. The second-order valence-corrected chi connectivity index (χ2v) is 8.13. The Bertz CT molecular complexity index is 603. The van der Waals surface area contributed by atoms with Crippen LogP contribution in [0.2, 0.25) is 0 Å². The van der Waals surface area contributed by atoms with Crippen LogP contribution in [0.3, 0.4) is 0 Å². The summed E-state index contributed by atoms with van der Waals surface area (Å²) in [6, 6.07) is 0.786. The second-order valence-electron chi connectivity index (χ2n) is 8.13. The highest BCUT2D eigenvalue weighted by Gasteiger charge is 2.37. The van der Waals surface area contributed by atoms with E-state index < -0.39 is 0 Å². The first-order chi connectivity index (χ1) is 12.7. The van der Waals surface area contributed by atoms with Crippen molar-refractivity contribution in [2.45, 2.75) is 70.5 Å². The topological polar surface area (TPSA) is 68.4 Å². The lowest BCUT2D eigenvalue weighted by molar-refractivity contribution is -0.141. The van der Waals surface area contributed by atoms with Crippen LogP contribution in [-0.2, 0) is 11.3 Å². The molecule has 2 saturated heterocycles. The highest BCUT2D eigenvalue weighted by atomic mass is 16.2. The lowest BCUT2D eigenvalue weighted by atomic mass is 9.97. The molecule has 7 heteroatoms. The number of piperidine rings is 1. The Morgan fingerprint density at radius 3 is 2.46 bits per heavy atom. The normalized spacial score (nSPS) is 26.5. The molecule has 3 fully saturated rings. The highest BCUT2D eigenvalue weighted by Crippen LogP contribution is 2.30. The first-order valence-corrected chi connectivity index (χ1v) is 10.4. The lowest BCUT2D eigenvalue weighted by Crippen LogP contribution is -2.57. The van der Waals surface area contributed by atoms with E-state index >= 15 is 0 Å². The molecule has 1 aliphatic carbocycles. The number of aromatic amines is 1. The summed E-state index contributed by atoms with van der Waals surface area (Å²) < 4.78 is 0. The number of piperazine rings is 1. The van der Waals surface area contributed by atoms with E-state index in [1.807, 2.05) is 6.92 Å². The number of hydrogen-bond donors (Lipinski definition) is 1. The van der Waals surface area contributed by atoms with Crippen LogP contribution in [0.15, 0.2) is 0 Å². The minimum absolute atomic E-state index is 0.133. The molecule has 1 aromatic heterocycles. The Balaban J connectivity index is 1.32. The minimum atomic E-state index is 0.133. The Labute approximate surface area is 156 Å². The van der Waals surface area contributed by atoms with Gasteiger partial charge in [0.05, 0.1) is 12.6 Å². The zero-order chi connectivity index (χ0) is 17.9. The van der Waals surface area contributed by atoms with Crippen molar-refractivity contribution < 1.29 is 4.79 Å². The molecule has 0 aromatic carbocycles. The molecule has 1 unspecified atom stereocenters. The van der Waals surface area contributed by atoms with Gasteiger partial charge < -0.3 is 4.90 Å². The molecule has 0 radical (unpaired) electrons. The molecule has 3 heterocycles. The number of nitrogens with zero attached hydrogens (tertiary/aromatic N) is 5. The van der Waals surface area contributed by atoms with Crippen LogP contribution in [0.25, 0.3) is 0 Å². The van der Waals surface area contributed by atoms with Gasteiger partial charge in [-0.25, -0.2) is 4.98 Å². The zero-order valence-corrected chi connectivity index (χ0v) is 16.0. The maximum Gasteiger partial charge on any atom is 0.240 e. The summed E-state index contributed by atoms with van der Waals surface area (Å²) in [4.78, 5) is 24.6. The minimum Gasteiger partial charge on any atom is -0.339 e. The van der Waals surface area contributed by atoms with Gasteiger partial charge in [-0.1, -0.05) is 19.3 Å². The Kier molecular flexibility index (Phi) is 5.55. The first-order valence-electron chi connectivity index (χ1n) is 10.4. The molecule has 1 atom stereocenters. The SMILES string of the molecule is Cc1nc(CN2CCN(C(=O)C3CCCCN3C3CCCC3)CC2)n[nH]1. The van der Waals surface area contributed by atoms with Crippen molar-refractivity contribution in [1.82, 2.24) is 29.9 Å². The van der Waals surface area contributed by atoms with Crippen LogP contribution < -0.4 is 0 Å². The molecule has 7 nitrogen and oxygen atoms in total. The molecule has 1 N–H and O–H groups in total. The number of carbonyl (C=O) groups excluding carboxylic acids is 1. The fourth-order valence-corrected chi connectivity index (χ4v) is 4.89. The number of amides is 1. The van der Waals surface area contributed by atoms with Gasteiger partial charge in [0.25, 0.3) is 0 Å². The van der Waals surface area contributed by atoms with E-state index in [9.17, 15) is 4.79 Å². The van der Waals surface area contributed by atoms with Crippen LogP contribution in [0.5, 0.6) is 0 Å². The van der Waals surface area contributed by atoms with Gasteiger partial charge in [0, 0.05) is 32.2 Å². The van der Waals surface area contributed by atoms with Gasteiger partial charge in [0.1, 0.15) is 5.82 Å². The van der Waals surface area contributed by atoms with Gasteiger partial charge in [0.2, 0.25) is 5.91 Å². The number of rotatable bonds is 4. The standard InChI is InChI=1S/C19H32N6O/c1-15-20-18(22-21-15)14-23-10-12-24(13-11-23)19(26)17-8-4-5-9-25(17)16-6-2-3-7-16/h16-17H,2-14H2,1H3,(H,20,21,22). The number of aryl methyl sites for hydroxylation is 1. The van der Waals surface area contributed by atoms with Crippen molar-refractivity contribution >= 4 is 5.91 Å². The van der Waals surface area contributed by atoms with Gasteiger partial charge in [0.15, 0.2) is 5.82 Å². The van der Waals surface area contributed by atoms with Crippen LogP contribution in [0.1, 0.15) is 56.6 Å². The van der Waals surface area contributed by atoms with Gasteiger partial charge in [-0.05, 0) is 39.2 Å². The van der Waals surface area contributed by atoms with Gasteiger partial charge >= 0.3 is 0 Å². The predicted octanol–water partition coefficient (Wildman–Crippen LogP) is 1.55. The second kappa shape index (κ2) is 8.05. The van der Waals surface area contributed by atoms with E-state index in [2.05, 4.69) is 29.9 Å². The lowest BCUT2D eigenvalue weighted by Gasteiger charge is -2.43. The number of carbonyl (C=O) groups is 1. The van der Waals surface area contributed by atoms with Crippen molar-refractivity contribution in [3.8, 4) is 0 Å². The average molecular weight is 361 g/mol. The molecular weight excluding hydrogens is 328 g/mol. The number of nitrogens with one attached hydrogen (secondary N) is 1. The van der Waals surface area contributed by atoms with E-state index in [4.69, 9.17) is 0 Å². The van der Waals surface area contributed by atoms with Crippen LogP contribution in [0, 0.1) is 6.92 Å². The molecule has 1 aromatic rings. The fourth-order valence-electron chi connectivity index (χ4n) is 4.89.